The van der Waals surface area contributed by atoms with Gasteiger partial charge in [0.05, 0.1) is 6.20 Å². The number of hydrogen-bond acceptors (Lipinski definition) is 5. The number of aromatic nitrogens is 2. The van der Waals surface area contributed by atoms with Crippen molar-refractivity contribution in [3.63, 3.8) is 0 Å². The van der Waals surface area contributed by atoms with E-state index in [0.29, 0.717) is 15.8 Å². The van der Waals surface area contributed by atoms with Gasteiger partial charge in [0.1, 0.15) is 10.7 Å². The number of nitrogens with one attached hydrogen (secondary N) is 1. The van der Waals surface area contributed by atoms with E-state index >= 15 is 0 Å². The molecule has 0 radical (unpaired) electrons. The molecule has 0 aromatic carbocycles. The van der Waals surface area contributed by atoms with Crippen LogP contribution in [0.4, 0.5) is 10.9 Å². The maximum absolute atomic E-state index is 10.9. The Kier molecular flexibility index (Phi) is 2.82. The average molecular weight is 234 g/mol. The highest BCUT2D eigenvalue weighted by atomic mass is 32.1. The third kappa shape index (κ3) is 2.34. The molecule has 0 bridgehead atoms. The van der Waals surface area contributed by atoms with E-state index in [1.165, 1.54) is 17.5 Å². The largest absolute Gasteiger partial charge is 0.365 e. The first-order valence-electron chi connectivity index (χ1n) is 4.60. The van der Waals surface area contributed by atoms with Crippen molar-refractivity contribution in [1.82, 2.24) is 9.97 Å². The molecule has 5 nitrogen and oxygen atoms in total. The molecule has 82 valence electrons. The Morgan fingerprint density at radius 1 is 1.38 bits per heavy atom. The molecule has 0 aliphatic carbocycles. The smallest absolute Gasteiger partial charge is 0.260 e. The second-order valence-corrected chi connectivity index (χ2v) is 4.27. The van der Waals surface area contributed by atoms with Crippen molar-refractivity contribution in [3.8, 4) is 0 Å². The Hall–Kier alpha value is -1.95. The molecule has 6 heteroatoms. The van der Waals surface area contributed by atoms with E-state index in [4.69, 9.17) is 5.73 Å². The van der Waals surface area contributed by atoms with Gasteiger partial charge < -0.3 is 11.1 Å². The predicted octanol–water partition coefficient (Wildman–Crippen LogP) is 1.69. The summed E-state index contributed by atoms with van der Waals surface area (Å²) in [6.07, 6.45) is 3.20. The second kappa shape index (κ2) is 4.28. The zero-order valence-electron chi connectivity index (χ0n) is 8.60. The van der Waals surface area contributed by atoms with Crippen molar-refractivity contribution in [2.75, 3.05) is 5.32 Å². The van der Waals surface area contributed by atoms with E-state index < -0.39 is 5.91 Å². The van der Waals surface area contributed by atoms with Crippen LogP contribution in [0.2, 0.25) is 0 Å². The lowest BCUT2D eigenvalue weighted by molar-refractivity contribution is 0.100. The first-order valence-corrected chi connectivity index (χ1v) is 5.42. The van der Waals surface area contributed by atoms with Crippen LogP contribution in [0, 0.1) is 6.92 Å². The fourth-order valence-electron chi connectivity index (χ4n) is 1.10. The summed E-state index contributed by atoms with van der Waals surface area (Å²) in [4.78, 5) is 19.5. The van der Waals surface area contributed by atoms with Crippen LogP contribution in [0.5, 0.6) is 0 Å². The van der Waals surface area contributed by atoms with E-state index in [-0.39, 0.29) is 0 Å². The summed E-state index contributed by atoms with van der Waals surface area (Å²) >= 11 is 1.20. The van der Waals surface area contributed by atoms with Crippen LogP contribution in [0.1, 0.15) is 15.2 Å². The fourth-order valence-corrected chi connectivity index (χ4v) is 1.77. The number of primary amides is 1. The Morgan fingerprint density at radius 2 is 2.19 bits per heavy atom. The fraction of sp³-hybridized carbons (Fsp3) is 0.100. The topological polar surface area (TPSA) is 80.9 Å². The molecular weight excluding hydrogens is 224 g/mol. The molecule has 0 saturated carbocycles. The molecule has 2 rings (SSSR count). The van der Waals surface area contributed by atoms with Crippen molar-refractivity contribution in [2.45, 2.75) is 6.92 Å². The number of carbonyl (C=O) groups excluding carboxylic acids is 1. The highest BCUT2D eigenvalue weighted by Crippen LogP contribution is 2.20. The first-order chi connectivity index (χ1) is 7.65. The molecule has 2 aromatic heterocycles. The quantitative estimate of drug-likeness (QED) is 0.846. The number of hydrogen-bond donors (Lipinski definition) is 2. The van der Waals surface area contributed by atoms with Crippen molar-refractivity contribution < 1.29 is 4.79 Å². The second-order valence-electron chi connectivity index (χ2n) is 3.24. The van der Waals surface area contributed by atoms with Gasteiger partial charge in [-0.25, -0.2) is 9.97 Å². The number of aryl methyl sites for hydroxylation is 1. The summed E-state index contributed by atoms with van der Waals surface area (Å²) in [6, 6.07) is 3.79. The normalized spacial score (nSPS) is 10.1. The summed E-state index contributed by atoms with van der Waals surface area (Å²) in [6.45, 7) is 1.96. The van der Waals surface area contributed by atoms with E-state index in [2.05, 4.69) is 15.3 Å². The first kappa shape index (κ1) is 10.6. The molecule has 0 fully saturated rings. The molecule has 0 aliphatic rings. The minimum absolute atomic E-state index is 0.426. The van der Waals surface area contributed by atoms with Crippen LogP contribution >= 0.6 is 11.3 Å². The van der Waals surface area contributed by atoms with Crippen molar-refractivity contribution in [3.05, 3.63) is 35.0 Å². The standard InChI is InChI=1S/C10H10N4OS/c1-6-2-3-8(12-4-6)14-10-13-5-7(16-10)9(11)15/h2-5H,1H3,(H2,11,15)(H,12,13,14). The number of amides is 1. The molecule has 2 heterocycles. The molecule has 1 amide bonds. The Morgan fingerprint density at radius 3 is 2.75 bits per heavy atom. The van der Waals surface area contributed by atoms with Crippen LogP contribution in [0.15, 0.2) is 24.5 Å². The van der Waals surface area contributed by atoms with Crippen LogP contribution in [-0.4, -0.2) is 15.9 Å². The maximum Gasteiger partial charge on any atom is 0.260 e. The third-order valence-electron chi connectivity index (χ3n) is 1.89. The van der Waals surface area contributed by atoms with E-state index in [0.717, 1.165) is 5.56 Å². The van der Waals surface area contributed by atoms with Gasteiger partial charge in [-0.05, 0) is 18.6 Å². The van der Waals surface area contributed by atoms with Gasteiger partial charge in [-0.15, -0.1) is 0 Å². The van der Waals surface area contributed by atoms with E-state index in [9.17, 15) is 4.79 Å². The molecule has 2 aromatic rings. The number of nitrogens with two attached hydrogens (primary N) is 1. The number of carbonyl (C=O) groups is 1. The zero-order chi connectivity index (χ0) is 11.5. The van der Waals surface area contributed by atoms with Gasteiger partial charge in [0.25, 0.3) is 5.91 Å². The van der Waals surface area contributed by atoms with Gasteiger partial charge >= 0.3 is 0 Å². The Balaban J connectivity index is 2.14. The van der Waals surface area contributed by atoms with Crippen molar-refractivity contribution >= 4 is 28.2 Å². The molecule has 0 spiro atoms. The number of thiazole rings is 1. The number of rotatable bonds is 3. The summed E-state index contributed by atoms with van der Waals surface area (Å²) in [5.41, 5.74) is 6.21. The molecule has 0 saturated heterocycles. The monoisotopic (exact) mass is 234 g/mol. The lowest BCUT2D eigenvalue weighted by Gasteiger charge is -2.00. The van der Waals surface area contributed by atoms with Crippen LogP contribution in [0.25, 0.3) is 0 Å². The summed E-state index contributed by atoms with van der Waals surface area (Å²) in [5.74, 6) is 0.221. The summed E-state index contributed by atoms with van der Waals surface area (Å²) in [7, 11) is 0. The van der Waals surface area contributed by atoms with Crippen molar-refractivity contribution in [1.29, 1.82) is 0 Å². The minimum Gasteiger partial charge on any atom is -0.365 e. The molecular formula is C10H10N4OS. The van der Waals surface area contributed by atoms with Crippen LogP contribution < -0.4 is 11.1 Å². The molecule has 16 heavy (non-hydrogen) atoms. The summed E-state index contributed by atoms with van der Waals surface area (Å²) in [5, 5.41) is 3.60. The van der Waals surface area contributed by atoms with Gasteiger partial charge in [0.2, 0.25) is 0 Å². The van der Waals surface area contributed by atoms with Gasteiger partial charge in [-0.1, -0.05) is 17.4 Å². The Bertz CT molecular complexity index is 506. The SMILES string of the molecule is Cc1ccc(Nc2ncc(C(N)=O)s2)nc1. The van der Waals surface area contributed by atoms with Crippen LogP contribution in [-0.2, 0) is 0 Å². The highest BCUT2D eigenvalue weighted by molar-refractivity contribution is 7.17. The van der Waals surface area contributed by atoms with Gasteiger partial charge in [0.15, 0.2) is 5.13 Å². The minimum atomic E-state index is -0.470. The lowest BCUT2D eigenvalue weighted by Crippen LogP contribution is -2.08. The molecule has 0 atom stereocenters. The Labute approximate surface area is 96.3 Å². The van der Waals surface area contributed by atoms with Crippen LogP contribution in [0.3, 0.4) is 0 Å². The average Bonchev–Trinajstić information content (AvgIpc) is 2.70. The number of anilines is 2. The lowest BCUT2D eigenvalue weighted by atomic mass is 10.3. The highest BCUT2D eigenvalue weighted by Gasteiger charge is 2.06. The molecule has 0 unspecified atom stereocenters. The number of pyridine rings is 1. The molecule has 3 N–H and O–H groups in total. The molecule has 0 aliphatic heterocycles. The number of nitrogens with zero attached hydrogens (tertiary/aromatic N) is 2. The van der Waals surface area contributed by atoms with Gasteiger partial charge in [-0.2, -0.15) is 0 Å². The van der Waals surface area contributed by atoms with Crippen molar-refractivity contribution in [2.24, 2.45) is 5.73 Å². The predicted molar refractivity (Wildman–Crippen MR) is 62.9 cm³/mol. The van der Waals surface area contributed by atoms with E-state index in [1.807, 2.05) is 19.1 Å². The zero-order valence-corrected chi connectivity index (χ0v) is 9.41. The van der Waals surface area contributed by atoms with Gasteiger partial charge in [-0.3, -0.25) is 4.79 Å². The summed E-state index contributed by atoms with van der Waals surface area (Å²) < 4.78 is 0. The van der Waals surface area contributed by atoms with E-state index in [1.54, 1.807) is 6.20 Å². The van der Waals surface area contributed by atoms with Gasteiger partial charge in [0, 0.05) is 6.20 Å². The third-order valence-corrected chi connectivity index (χ3v) is 2.82. The maximum atomic E-state index is 10.9.